The third-order valence-corrected chi connectivity index (χ3v) is 6.65. The molecule has 1 aromatic heterocycles. The molecule has 1 atom stereocenters. The first-order valence-electron chi connectivity index (χ1n) is 13.4. The van der Waals surface area contributed by atoms with Crippen molar-refractivity contribution in [2.45, 2.75) is 46.1 Å². The van der Waals surface area contributed by atoms with Gasteiger partial charge in [0.15, 0.2) is 11.5 Å². The zero-order valence-electron chi connectivity index (χ0n) is 22.5. The molecule has 0 fully saturated rings. The molecule has 4 aromatic rings. The number of carbonyl (C=O) groups excluding carboxylic acids is 1. The summed E-state index contributed by atoms with van der Waals surface area (Å²) in [4.78, 5) is 26.7. The van der Waals surface area contributed by atoms with E-state index in [0.717, 1.165) is 18.4 Å². The Bertz CT molecular complexity index is 1540. The van der Waals surface area contributed by atoms with Crippen LogP contribution in [0.5, 0.6) is 17.2 Å². The quantitative estimate of drug-likeness (QED) is 0.239. The van der Waals surface area contributed by atoms with Gasteiger partial charge in [-0.25, -0.2) is 4.79 Å². The lowest BCUT2D eigenvalue weighted by Crippen LogP contribution is -2.22. The van der Waals surface area contributed by atoms with E-state index in [4.69, 9.17) is 23.4 Å². The summed E-state index contributed by atoms with van der Waals surface area (Å²) in [6, 6.07) is 18.3. The molecule has 0 bridgehead atoms. The van der Waals surface area contributed by atoms with Crippen molar-refractivity contribution in [3.8, 4) is 28.4 Å². The number of rotatable bonds is 8. The molecule has 39 heavy (non-hydrogen) atoms. The molecule has 0 spiro atoms. The lowest BCUT2D eigenvalue weighted by molar-refractivity contribution is -0.151. The van der Waals surface area contributed by atoms with Crippen molar-refractivity contribution in [2.24, 2.45) is 0 Å². The second-order valence-corrected chi connectivity index (χ2v) is 9.44. The predicted octanol–water partition coefficient (Wildman–Crippen LogP) is 6.57. The highest BCUT2D eigenvalue weighted by Gasteiger charge is 2.26. The summed E-state index contributed by atoms with van der Waals surface area (Å²) >= 11 is 0. The highest BCUT2D eigenvalue weighted by Crippen LogP contribution is 2.36. The van der Waals surface area contributed by atoms with Crippen LogP contribution in [-0.2, 0) is 16.0 Å². The van der Waals surface area contributed by atoms with E-state index >= 15 is 0 Å². The number of hydrogen-bond acceptors (Lipinski definition) is 7. The number of esters is 1. The molecular weight excluding hydrogens is 496 g/mol. The Morgan fingerprint density at radius 2 is 1.74 bits per heavy atom. The minimum absolute atomic E-state index is 0.142. The van der Waals surface area contributed by atoms with Crippen LogP contribution in [0.3, 0.4) is 0 Å². The third-order valence-electron chi connectivity index (χ3n) is 6.65. The van der Waals surface area contributed by atoms with Gasteiger partial charge in [0.05, 0.1) is 30.8 Å². The number of carbonyl (C=O) groups is 1. The van der Waals surface area contributed by atoms with Crippen LogP contribution < -0.4 is 19.6 Å². The molecule has 0 amide bonds. The van der Waals surface area contributed by atoms with Gasteiger partial charge in [0.2, 0.25) is 11.5 Å². The van der Waals surface area contributed by atoms with Gasteiger partial charge in [-0.2, -0.15) is 0 Å². The molecule has 1 aliphatic heterocycles. The van der Waals surface area contributed by atoms with Crippen LogP contribution in [0.25, 0.3) is 22.1 Å². The van der Waals surface area contributed by atoms with E-state index < -0.39 is 12.1 Å². The van der Waals surface area contributed by atoms with Crippen LogP contribution in [-0.4, -0.2) is 25.8 Å². The average Bonchev–Trinajstić information content (AvgIpc) is 3.18. The first-order chi connectivity index (χ1) is 19.0. The largest absolute Gasteiger partial charge is 0.490 e. The van der Waals surface area contributed by atoms with Gasteiger partial charge >= 0.3 is 5.97 Å². The van der Waals surface area contributed by atoms with Gasteiger partial charge in [-0.3, -0.25) is 4.79 Å². The van der Waals surface area contributed by atoms with Crippen molar-refractivity contribution in [3.05, 3.63) is 87.8 Å². The third kappa shape index (κ3) is 5.48. The molecular formula is C32H32O7. The molecule has 3 aromatic carbocycles. The molecule has 2 heterocycles. The Morgan fingerprint density at radius 3 is 2.49 bits per heavy atom. The van der Waals surface area contributed by atoms with Crippen molar-refractivity contribution in [2.75, 3.05) is 19.8 Å². The maximum Gasteiger partial charge on any atom is 0.352 e. The van der Waals surface area contributed by atoms with Crippen LogP contribution in [0.15, 0.2) is 69.9 Å². The summed E-state index contributed by atoms with van der Waals surface area (Å²) in [5, 5.41) is 0.450. The molecule has 1 aliphatic rings. The van der Waals surface area contributed by atoms with Crippen molar-refractivity contribution in [3.63, 3.8) is 0 Å². The second-order valence-electron chi connectivity index (χ2n) is 9.44. The summed E-state index contributed by atoms with van der Waals surface area (Å²) in [6.07, 6.45) is 1.33. The Kier molecular flexibility index (Phi) is 7.87. The molecule has 0 saturated carbocycles. The minimum atomic E-state index is -0.951. The lowest BCUT2D eigenvalue weighted by atomic mass is 9.99. The molecule has 0 radical (unpaired) electrons. The molecule has 7 nitrogen and oxygen atoms in total. The number of hydrogen-bond donors (Lipinski definition) is 0. The van der Waals surface area contributed by atoms with Gasteiger partial charge in [-0.15, -0.1) is 0 Å². The maximum absolute atomic E-state index is 13.8. The first-order valence-corrected chi connectivity index (χ1v) is 13.4. The molecule has 5 rings (SSSR count). The Hall–Kier alpha value is -4.26. The topological polar surface area (TPSA) is 84.2 Å². The summed E-state index contributed by atoms with van der Waals surface area (Å²) in [5.41, 5.74) is 2.93. The monoisotopic (exact) mass is 528 g/mol. The minimum Gasteiger partial charge on any atom is -0.490 e. The summed E-state index contributed by atoms with van der Waals surface area (Å²) < 4.78 is 29.4. The number of fused-ring (bicyclic) bond motifs is 2. The Balaban J connectivity index is 1.60. The van der Waals surface area contributed by atoms with Crippen molar-refractivity contribution < 1.29 is 28.2 Å². The highest BCUT2D eigenvalue weighted by molar-refractivity contribution is 5.85. The zero-order valence-corrected chi connectivity index (χ0v) is 22.5. The Morgan fingerprint density at radius 1 is 0.974 bits per heavy atom. The van der Waals surface area contributed by atoms with Crippen molar-refractivity contribution in [1.82, 2.24) is 0 Å². The van der Waals surface area contributed by atoms with Crippen LogP contribution in [0.1, 0.15) is 49.7 Å². The molecule has 0 N–H and O–H groups in total. The number of aryl methyl sites for hydroxylation is 2. The number of benzene rings is 3. The van der Waals surface area contributed by atoms with Gasteiger partial charge in [0, 0.05) is 18.1 Å². The van der Waals surface area contributed by atoms with Gasteiger partial charge in [-0.1, -0.05) is 49.7 Å². The molecule has 202 valence electrons. The van der Waals surface area contributed by atoms with Crippen LogP contribution in [0, 0.1) is 6.92 Å². The van der Waals surface area contributed by atoms with E-state index in [0.29, 0.717) is 70.3 Å². The fourth-order valence-corrected chi connectivity index (χ4v) is 4.83. The first kappa shape index (κ1) is 26.4. The summed E-state index contributed by atoms with van der Waals surface area (Å²) in [7, 11) is 0. The fourth-order valence-electron chi connectivity index (χ4n) is 4.83. The second kappa shape index (κ2) is 11.6. The van der Waals surface area contributed by atoms with Crippen LogP contribution in [0.4, 0.5) is 0 Å². The lowest BCUT2D eigenvalue weighted by Gasteiger charge is -2.20. The van der Waals surface area contributed by atoms with Gasteiger partial charge < -0.3 is 23.4 Å². The molecule has 1 unspecified atom stereocenters. The maximum atomic E-state index is 13.8. The Labute approximate surface area is 227 Å². The molecule has 7 heteroatoms. The zero-order chi connectivity index (χ0) is 27.4. The van der Waals surface area contributed by atoms with E-state index in [1.54, 1.807) is 19.9 Å². The van der Waals surface area contributed by atoms with Crippen molar-refractivity contribution >= 4 is 16.9 Å². The van der Waals surface area contributed by atoms with Crippen molar-refractivity contribution in [1.29, 1.82) is 0 Å². The smallest absolute Gasteiger partial charge is 0.352 e. The standard InChI is InChI=1S/C32H32O7/c1-4-10-22-17-24-27(19-26(22)39-31(32(34)35-5-2)21-11-7-6-8-12-21)38-20(3)29(30(24)33)23-13-14-25-28(18-23)37-16-9-15-36-25/h6-8,11-14,17-19,31H,4-5,9-10,15-16H2,1-3H3. The molecule has 0 aliphatic carbocycles. The van der Waals surface area contributed by atoms with E-state index in [-0.39, 0.29) is 12.0 Å². The summed E-state index contributed by atoms with van der Waals surface area (Å²) in [6.45, 7) is 6.97. The number of ether oxygens (including phenoxy) is 4. The van der Waals surface area contributed by atoms with Gasteiger partial charge in [-0.05, 0) is 49.6 Å². The van der Waals surface area contributed by atoms with E-state index in [1.165, 1.54) is 0 Å². The average molecular weight is 529 g/mol. The van der Waals surface area contributed by atoms with E-state index in [9.17, 15) is 9.59 Å². The molecule has 0 saturated heterocycles. The van der Waals surface area contributed by atoms with E-state index in [2.05, 4.69) is 6.92 Å². The normalized spacial score (nSPS) is 13.5. The predicted molar refractivity (Wildman–Crippen MR) is 149 cm³/mol. The van der Waals surface area contributed by atoms with E-state index in [1.807, 2.05) is 54.6 Å². The fraction of sp³-hybridized carbons (Fsp3) is 0.312. The van der Waals surface area contributed by atoms with Crippen LogP contribution in [0.2, 0.25) is 0 Å². The van der Waals surface area contributed by atoms with Crippen LogP contribution >= 0.6 is 0 Å². The SMILES string of the molecule is CCCc1cc2c(=O)c(-c3ccc4c(c3)OCCCO4)c(C)oc2cc1OC(C(=O)OCC)c1ccccc1. The van der Waals surface area contributed by atoms with Gasteiger partial charge in [0.1, 0.15) is 17.1 Å². The van der Waals surface area contributed by atoms with Gasteiger partial charge in [0.25, 0.3) is 0 Å². The highest BCUT2D eigenvalue weighted by atomic mass is 16.6. The summed E-state index contributed by atoms with van der Waals surface area (Å²) in [5.74, 6) is 1.76.